The molecule has 0 fully saturated rings. The van der Waals surface area contributed by atoms with Crippen molar-refractivity contribution in [2.24, 2.45) is 0 Å². The van der Waals surface area contributed by atoms with Crippen molar-refractivity contribution in [3.05, 3.63) is 42.0 Å². The molecule has 1 aromatic rings. The van der Waals surface area contributed by atoms with Crippen LogP contribution in [0, 0.1) is 0 Å². The third kappa shape index (κ3) is 4.49. The van der Waals surface area contributed by atoms with Crippen LogP contribution in [0.1, 0.15) is 17.2 Å². The molecule has 6 heteroatoms. The Morgan fingerprint density at radius 2 is 1.90 bits per heavy atom. The van der Waals surface area contributed by atoms with E-state index in [-0.39, 0.29) is 20.1 Å². The lowest BCUT2D eigenvalue weighted by Crippen LogP contribution is -2.35. The number of benzene rings is 1. The number of carbonyl (C=O) groups excluding carboxylic acids is 2. The molecular formula is C14H17NO5. The molecule has 1 atom stereocenters. The average Bonchev–Trinajstić information content (AvgIpc) is 2.50. The maximum atomic E-state index is 10.3. The van der Waals surface area contributed by atoms with E-state index in [4.69, 9.17) is 0 Å². The summed E-state index contributed by atoms with van der Waals surface area (Å²) in [6.07, 6.45) is 1.69. The van der Waals surface area contributed by atoms with Gasteiger partial charge in [-0.3, -0.25) is 9.59 Å². The molecule has 6 nitrogen and oxygen atoms in total. The third-order valence-electron chi connectivity index (χ3n) is 2.76. The fraction of sp³-hybridized carbons (Fsp3) is 0.286. The first kappa shape index (κ1) is 15.9. The number of nitrogens with zero attached hydrogens (tertiary/aromatic N) is 1. The summed E-state index contributed by atoms with van der Waals surface area (Å²) in [5.74, 6) is 0. The van der Waals surface area contributed by atoms with Crippen LogP contribution in [0.4, 0.5) is 0 Å². The second-order valence-corrected chi connectivity index (χ2v) is 3.95. The van der Waals surface area contributed by atoms with Crippen LogP contribution in [0.3, 0.4) is 0 Å². The van der Waals surface area contributed by atoms with Gasteiger partial charge in [-0.15, -0.1) is 0 Å². The standard InChI is InChI=1S/C14H17NO5/c1-2-12-4-3-5-13(6-12)14(7-16)15(8-19-10-17)9-20-11-18/h2-6,10-11,14,16H,1,7-9H2. The molecule has 1 N–H and O–H groups in total. The topological polar surface area (TPSA) is 76.1 Å². The molecule has 1 unspecified atom stereocenters. The van der Waals surface area contributed by atoms with Crippen molar-refractivity contribution in [2.45, 2.75) is 6.04 Å². The molecule has 20 heavy (non-hydrogen) atoms. The van der Waals surface area contributed by atoms with Crippen molar-refractivity contribution in [3.8, 4) is 0 Å². The highest BCUT2D eigenvalue weighted by atomic mass is 16.6. The summed E-state index contributed by atoms with van der Waals surface area (Å²) in [4.78, 5) is 22.1. The largest absolute Gasteiger partial charge is 0.452 e. The van der Waals surface area contributed by atoms with Crippen LogP contribution in [0.5, 0.6) is 0 Å². The number of hydrogen-bond donors (Lipinski definition) is 1. The first-order chi connectivity index (χ1) is 9.76. The summed E-state index contributed by atoms with van der Waals surface area (Å²) in [7, 11) is 0. The smallest absolute Gasteiger partial charge is 0.294 e. The molecule has 0 aliphatic rings. The van der Waals surface area contributed by atoms with Gasteiger partial charge in [-0.1, -0.05) is 36.9 Å². The van der Waals surface area contributed by atoms with Gasteiger partial charge in [-0.05, 0) is 11.1 Å². The predicted molar refractivity (Wildman–Crippen MR) is 72.2 cm³/mol. The van der Waals surface area contributed by atoms with Gasteiger partial charge in [0.1, 0.15) is 13.5 Å². The Labute approximate surface area is 117 Å². The molecule has 1 rings (SSSR count). The van der Waals surface area contributed by atoms with E-state index < -0.39 is 6.04 Å². The molecule has 0 saturated carbocycles. The van der Waals surface area contributed by atoms with Crippen LogP contribution in [0.15, 0.2) is 30.8 Å². The number of ether oxygens (including phenoxy) is 2. The minimum atomic E-state index is -0.463. The lowest BCUT2D eigenvalue weighted by Gasteiger charge is -2.28. The average molecular weight is 279 g/mol. The highest BCUT2D eigenvalue weighted by molar-refractivity contribution is 5.48. The zero-order valence-electron chi connectivity index (χ0n) is 11.0. The van der Waals surface area contributed by atoms with Crippen molar-refractivity contribution >= 4 is 19.0 Å². The van der Waals surface area contributed by atoms with Crippen LogP contribution in [-0.4, -0.2) is 43.0 Å². The predicted octanol–water partition coefficient (Wildman–Crippen LogP) is 0.926. The minimum absolute atomic E-state index is 0.0963. The van der Waals surface area contributed by atoms with Crippen LogP contribution >= 0.6 is 0 Å². The fourth-order valence-electron chi connectivity index (χ4n) is 1.79. The maximum absolute atomic E-state index is 10.3. The molecular weight excluding hydrogens is 262 g/mol. The number of carbonyl (C=O) groups is 2. The molecule has 0 heterocycles. The Hall–Kier alpha value is -2.18. The van der Waals surface area contributed by atoms with Crippen molar-refractivity contribution in [1.82, 2.24) is 4.90 Å². The Morgan fingerprint density at radius 1 is 1.25 bits per heavy atom. The normalized spacial score (nSPS) is 11.7. The number of rotatable bonds is 10. The first-order valence-electron chi connectivity index (χ1n) is 5.94. The van der Waals surface area contributed by atoms with E-state index in [1.54, 1.807) is 6.08 Å². The summed E-state index contributed by atoms with van der Waals surface area (Å²) in [5.41, 5.74) is 1.70. The monoisotopic (exact) mass is 279 g/mol. The second kappa shape index (κ2) is 8.84. The highest BCUT2D eigenvalue weighted by Gasteiger charge is 2.20. The summed E-state index contributed by atoms with van der Waals surface area (Å²) >= 11 is 0. The van der Waals surface area contributed by atoms with Crippen molar-refractivity contribution in [3.63, 3.8) is 0 Å². The second-order valence-electron chi connectivity index (χ2n) is 3.95. The van der Waals surface area contributed by atoms with Crippen LogP contribution < -0.4 is 0 Å². The summed E-state index contributed by atoms with van der Waals surface area (Å²) in [6.45, 7) is 3.86. The van der Waals surface area contributed by atoms with E-state index in [2.05, 4.69) is 16.1 Å². The van der Waals surface area contributed by atoms with Gasteiger partial charge < -0.3 is 14.6 Å². The Kier molecular flexibility index (Phi) is 7.02. The summed E-state index contributed by atoms with van der Waals surface area (Å²) in [5, 5.41) is 9.56. The molecule has 0 spiro atoms. The quantitative estimate of drug-likeness (QED) is 0.507. The van der Waals surface area contributed by atoms with E-state index in [9.17, 15) is 14.7 Å². The third-order valence-corrected chi connectivity index (χ3v) is 2.76. The lowest BCUT2D eigenvalue weighted by atomic mass is 10.0. The SMILES string of the molecule is C=Cc1cccc(C(CO)N(COC=O)COC=O)c1. The molecule has 1 aromatic carbocycles. The van der Waals surface area contributed by atoms with Gasteiger partial charge in [-0.2, -0.15) is 0 Å². The first-order valence-corrected chi connectivity index (χ1v) is 5.94. The van der Waals surface area contributed by atoms with E-state index >= 15 is 0 Å². The zero-order valence-corrected chi connectivity index (χ0v) is 11.0. The van der Waals surface area contributed by atoms with Crippen molar-refractivity contribution in [1.29, 1.82) is 0 Å². The van der Waals surface area contributed by atoms with Crippen LogP contribution in [-0.2, 0) is 19.1 Å². The van der Waals surface area contributed by atoms with Crippen LogP contribution in [0.2, 0.25) is 0 Å². The van der Waals surface area contributed by atoms with Gasteiger partial charge in [0.15, 0.2) is 0 Å². The molecule has 0 saturated heterocycles. The van der Waals surface area contributed by atoms with Crippen molar-refractivity contribution < 1.29 is 24.2 Å². The van der Waals surface area contributed by atoms with Crippen LogP contribution in [0.25, 0.3) is 6.08 Å². The fourth-order valence-corrected chi connectivity index (χ4v) is 1.79. The molecule has 0 aromatic heterocycles. The highest BCUT2D eigenvalue weighted by Crippen LogP contribution is 2.21. The van der Waals surface area contributed by atoms with Crippen molar-refractivity contribution in [2.75, 3.05) is 20.1 Å². The number of aliphatic hydroxyl groups excluding tert-OH is 1. The molecule has 108 valence electrons. The number of aliphatic hydroxyl groups is 1. The maximum Gasteiger partial charge on any atom is 0.294 e. The van der Waals surface area contributed by atoms with Gasteiger partial charge in [0.25, 0.3) is 12.9 Å². The minimum Gasteiger partial charge on any atom is -0.452 e. The lowest BCUT2D eigenvalue weighted by molar-refractivity contribution is -0.145. The van der Waals surface area contributed by atoms with E-state index in [1.165, 1.54) is 4.90 Å². The van der Waals surface area contributed by atoms with E-state index in [1.807, 2.05) is 24.3 Å². The molecule has 0 radical (unpaired) electrons. The Morgan fingerprint density at radius 3 is 2.40 bits per heavy atom. The Bertz CT molecular complexity index is 437. The summed E-state index contributed by atoms with van der Waals surface area (Å²) < 4.78 is 9.34. The molecule has 0 aliphatic carbocycles. The van der Waals surface area contributed by atoms with Gasteiger partial charge >= 0.3 is 0 Å². The van der Waals surface area contributed by atoms with Gasteiger partial charge in [0.05, 0.1) is 12.6 Å². The zero-order chi connectivity index (χ0) is 14.8. The molecule has 0 aliphatic heterocycles. The Balaban J connectivity index is 2.93. The van der Waals surface area contributed by atoms with Gasteiger partial charge in [0.2, 0.25) is 0 Å². The van der Waals surface area contributed by atoms with Gasteiger partial charge in [-0.25, -0.2) is 4.90 Å². The molecule has 0 amide bonds. The van der Waals surface area contributed by atoms with E-state index in [0.29, 0.717) is 12.9 Å². The summed E-state index contributed by atoms with van der Waals surface area (Å²) in [6, 6.07) is 6.91. The van der Waals surface area contributed by atoms with E-state index in [0.717, 1.165) is 11.1 Å². The number of hydrogen-bond acceptors (Lipinski definition) is 6. The molecule has 0 bridgehead atoms. The van der Waals surface area contributed by atoms with Gasteiger partial charge in [0, 0.05) is 0 Å².